The van der Waals surface area contributed by atoms with Gasteiger partial charge in [-0.1, -0.05) is 45.1 Å². The third-order valence-electron chi connectivity index (χ3n) is 18.0. The quantitative estimate of drug-likeness (QED) is 0.296. The molecule has 13 rings (SSSR count). The van der Waals surface area contributed by atoms with Crippen molar-refractivity contribution in [2.75, 3.05) is 33.8 Å². The Morgan fingerprint density at radius 3 is 2.27 bits per heavy atom. The molecule has 6 bridgehead atoms. The Morgan fingerprint density at radius 2 is 1.58 bits per heavy atom. The van der Waals surface area contributed by atoms with Gasteiger partial charge in [0.15, 0.2) is 23.0 Å². The van der Waals surface area contributed by atoms with Crippen molar-refractivity contribution in [3.05, 3.63) is 58.7 Å². The highest BCUT2D eigenvalue weighted by Gasteiger charge is 2.82. The SMILES string of the molecule is CN1CC[C@]23c4c5ccc(O)c4O[C@H]2[C@@H](O)C=C[C@H]3[C@H]1C5.CO[C@@]12CC[C@@]3(C[C@@H]1[C@](C)(O)C(C)(C)C)[C@H]1Cc4ccc(O)c5c4[C@@]3(CCN1CC1CC1)[C@H]2O5. The Hall–Kier alpha value is -2.82. The van der Waals surface area contributed by atoms with Crippen molar-refractivity contribution in [3.63, 3.8) is 0 Å². The Balaban J connectivity index is 0.000000143. The number of likely N-dealkylation sites (N-methyl/N-ethyl adjacent to an activating group) is 1. The van der Waals surface area contributed by atoms with Crippen molar-refractivity contribution < 1.29 is 34.6 Å². The fourth-order valence-corrected chi connectivity index (χ4v) is 14.8. The average Bonchev–Trinajstić information content (AvgIpc) is 3.79. The highest BCUT2D eigenvalue weighted by atomic mass is 16.6. The van der Waals surface area contributed by atoms with Crippen LogP contribution >= 0.6 is 0 Å². The lowest BCUT2D eigenvalue weighted by Gasteiger charge is -2.75. The van der Waals surface area contributed by atoms with E-state index >= 15 is 0 Å². The number of rotatable bonds is 4. The van der Waals surface area contributed by atoms with Gasteiger partial charge in [0.2, 0.25) is 0 Å². The van der Waals surface area contributed by atoms with Gasteiger partial charge in [0.25, 0.3) is 0 Å². The van der Waals surface area contributed by atoms with E-state index in [1.54, 1.807) is 6.07 Å². The molecule has 4 aliphatic heterocycles. The number of benzene rings is 2. The molecule has 9 heteroatoms. The van der Waals surface area contributed by atoms with Crippen LogP contribution in [0.2, 0.25) is 0 Å². The summed E-state index contributed by atoms with van der Waals surface area (Å²) in [5, 5.41) is 43.8. The smallest absolute Gasteiger partial charge is 0.165 e. The molecule has 0 radical (unpaired) electrons. The molecule has 0 aromatic heterocycles. The van der Waals surface area contributed by atoms with E-state index in [0.717, 1.165) is 64.0 Å². The first-order chi connectivity index (χ1) is 26.1. The van der Waals surface area contributed by atoms with Crippen LogP contribution in [-0.4, -0.2) is 106 Å². The maximum absolute atomic E-state index is 12.2. The van der Waals surface area contributed by atoms with Crippen molar-refractivity contribution in [1.29, 1.82) is 0 Å². The number of nitrogens with zero attached hydrogens (tertiary/aromatic N) is 2. The molecule has 7 aliphatic carbocycles. The Morgan fingerprint density at radius 1 is 0.873 bits per heavy atom. The van der Waals surface area contributed by atoms with Crippen molar-refractivity contribution >= 4 is 0 Å². The number of methoxy groups -OCH3 is 1. The molecule has 4 heterocycles. The van der Waals surface area contributed by atoms with Crippen LogP contribution in [-0.2, 0) is 28.4 Å². The van der Waals surface area contributed by atoms with Crippen LogP contribution < -0.4 is 9.47 Å². The van der Waals surface area contributed by atoms with E-state index in [1.807, 2.05) is 32.2 Å². The molecule has 0 unspecified atom stereocenters. The second-order valence-corrected chi connectivity index (χ2v) is 20.7. The summed E-state index contributed by atoms with van der Waals surface area (Å²) in [6.45, 7) is 11.8. The molecule has 3 spiro atoms. The molecule has 4 N–H and O–H groups in total. The molecule has 12 atom stereocenters. The summed E-state index contributed by atoms with van der Waals surface area (Å²) in [6.07, 6.45) is 12.8. The lowest BCUT2D eigenvalue weighted by molar-refractivity contribution is -0.312. The first-order valence-corrected chi connectivity index (χ1v) is 21.3. The number of aliphatic hydroxyl groups is 2. The van der Waals surface area contributed by atoms with Crippen LogP contribution in [0, 0.1) is 28.6 Å². The number of phenols is 2. The third kappa shape index (κ3) is 4.08. The minimum atomic E-state index is -0.909. The Kier molecular flexibility index (Phi) is 7.08. The van der Waals surface area contributed by atoms with Crippen molar-refractivity contribution in [2.24, 2.45) is 28.6 Å². The maximum atomic E-state index is 12.2. The molecular weight excluding hydrogens is 693 g/mol. The second kappa shape index (κ2) is 11.0. The van der Waals surface area contributed by atoms with Gasteiger partial charge in [-0.2, -0.15) is 0 Å². The number of fused-ring (bicyclic) bond motifs is 2. The summed E-state index contributed by atoms with van der Waals surface area (Å²) < 4.78 is 19.5. The first-order valence-electron chi connectivity index (χ1n) is 21.3. The van der Waals surface area contributed by atoms with E-state index in [-0.39, 0.29) is 51.3 Å². The molecular formula is C46H60N2O7. The lowest BCUT2D eigenvalue weighted by atomic mass is 9.33. The van der Waals surface area contributed by atoms with Crippen LogP contribution in [0.25, 0.3) is 0 Å². The number of aliphatic hydroxyl groups excluding tert-OH is 1. The Labute approximate surface area is 325 Å². The zero-order valence-electron chi connectivity index (χ0n) is 33.5. The van der Waals surface area contributed by atoms with Gasteiger partial charge in [0, 0.05) is 64.9 Å². The van der Waals surface area contributed by atoms with Crippen LogP contribution in [0.3, 0.4) is 0 Å². The lowest BCUT2D eigenvalue weighted by Crippen LogP contribution is -2.83. The molecule has 0 amide bonds. The highest BCUT2D eigenvalue weighted by Crippen LogP contribution is 2.78. The maximum Gasteiger partial charge on any atom is 0.165 e. The van der Waals surface area contributed by atoms with Crippen LogP contribution in [0.15, 0.2) is 36.4 Å². The fraction of sp³-hybridized carbons (Fsp3) is 0.696. The predicted octanol–water partition coefficient (Wildman–Crippen LogP) is 5.61. The molecule has 2 saturated heterocycles. The zero-order valence-corrected chi connectivity index (χ0v) is 33.5. The van der Waals surface area contributed by atoms with Gasteiger partial charge in [-0.3, -0.25) is 4.90 Å². The van der Waals surface area contributed by atoms with Crippen molar-refractivity contribution in [1.82, 2.24) is 9.80 Å². The van der Waals surface area contributed by atoms with E-state index < -0.39 is 17.3 Å². The first kappa shape index (κ1) is 35.4. The van der Waals surface area contributed by atoms with Gasteiger partial charge in [-0.15, -0.1) is 0 Å². The third-order valence-corrected chi connectivity index (χ3v) is 18.0. The van der Waals surface area contributed by atoms with Crippen molar-refractivity contribution in [3.8, 4) is 23.0 Å². The summed E-state index contributed by atoms with van der Waals surface area (Å²) >= 11 is 0. The van der Waals surface area contributed by atoms with E-state index in [9.17, 15) is 20.4 Å². The van der Waals surface area contributed by atoms with E-state index in [2.05, 4.69) is 49.8 Å². The fourth-order valence-electron chi connectivity index (χ4n) is 14.8. The van der Waals surface area contributed by atoms with Crippen LogP contribution in [0.5, 0.6) is 23.0 Å². The molecule has 55 heavy (non-hydrogen) atoms. The van der Waals surface area contributed by atoms with Gasteiger partial charge in [0.05, 0.1) is 5.60 Å². The molecule has 6 fully saturated rings. The second-order valence-electron chi connectivity index (χ2n) is 20.7. The summed E-state index contributed by atoms with van der Waals surface area (Å²) in [5.41, 5.74) is 3.07. The molecule has 11 aliphatic rings. The molecule has 9 nitrogen and oxygen atoms in total. The zero-order chi connectivity index (χ0) is 38.2. The average molecular weight is 753 g/mol. The summed E-state index contributed by atoms with van der Waals surface area (Å²) in [6, 6.07) is 8.69. The molecule has 296 valence electrons. The molecule has 4 saturated carbocycles. The minimum absolute atomic E-state index is 0.0294. The van der Waals surface area contributed by atoms with Gasteiger partial charge in [0.1, 0.15) is 23.9 Å². The van der Waals surface area contributed by atoms with Crippen LogP contribution in [0.4, 0.5) is 0 Å². The summed E-state index contributed by atoms with van der Waals surface area (Å²) in [7, 11) is 4.02. The summed E-state index contributed by atoms with van der Waals surface area (Å²) in [4.78, 5) is 5.25. The normalized spacial score (nSPS) is 43.4. The largest absolute Gasteiger partial charge is 0.504 e. The number of piperidine rings is 2. The van der Waals surface area contributed by atoms with Gasteiger partial charge in [-0.05, 0) is 119 Å². The number of aromatic hydroxyl groups is 2. The number of likely N-dealkylation sites (tertiary alicyclic amines) is 2. The van der Waals surface area contributed by atoms with Crippen LogP contribution in [0.1, 0.15) is 94.9 Å². The number of ether oxygens (including phenoxy) is 3. The van der Waals surface area contributed by atoms with E-state index in [1.165, 1.54) is 41.6 Å². The molecule has 2 aromatic carbocycles. The van der Waals surface area contributed by atoms with Gasteiger partial charge < -0.3 is 39.5 Å². The topological polar surface area (TPSA) is 115 Å². The minimum Gasteiger partial charge on any atom is -0.504 e. The summed E-state index contributed by atoms with van der Waals surface area (Å²) in [5.74, 6) is 2.99. The predicted molar refractivity (Wildman–Crippen MR) is 208 cm³/mol. The van der Waals surface area contributed by atoms with Gasteiger partial charge in [-0.25, -0.2) is 0 Å². The highest BCUT2D eigenvalue weighted by molar-refractivity contribution is 5.64. The van der Waals surface area contributed by atoms with E-state index in [0.29, 0.717) is 29.5 Å². The number of hydrogen-bond acceptors (Lipinski definition) is 9. The number of phenolic OH excluding ortho intramolecular Hbond substituents is 2. The Bertz CT molecular complexity index is 2000. The van der Waals surface area contributed by atoms with E-state index in [4.69, 9.17) is 14.2 Å². The monoisotopic (exact) mass is 752 g/mol. The standard InChI is InChI=1S/C29H41NO4.C17H19NO3/c1-25(2,3)26(4,32)20-15-27-10-11-29(20,33-5)24-28(27)12-13-30(16-17-6-7-17)21(27)14-18-8-9-19(31)23(34-24)22(18)28;1-18-7-6-17-10-3-5-13(20)16(17)21-15-12(19)4-2-9(14(15)17)8-11(10)18/h8-9,17,20-21,24,31-32H,6-7,10-16H2,1-5H3;2-5,10-11,13,16,19-20H,6-8H2,1H3/t20-,21-,24-,26+,27-,28+,29+;10-,11+,13-,16-,17-/m10/s1. The van der Waals surface area contributed by atoms with Gasteiger partial charge >= 0.3 is 0 Å². The number of hydrogen-bond donors (Lipinski definition) is 4. The van der Waals surface area contributed by atoms with Crippen molar-refractivity contribution in [2.45, 2.75) is 138 Å². The molecule has 2 aromatic rings.